The zero-order valence-electron chi connectivity index (χ0n) is 10.3. The minimum absolute atomic E-state index is 0.0289. The number of hydrogen-bond donors (Lipinski definition) is 0. The first-order chi connectivity index (χ1) is 9.13. The molecule has 1 aromatic carbocycles. The van der Waals surface area contributed by atoms with Crippen LogP contribution in [0.5, 0.6) is 0 Å². The van der Waals surface area contributed by atoms with Crippen LogP contribution in [0.3, 0.4) is 0 Å². The van der Waals surface area contributed by atoms with Crippen LogP contribution >= 0.6 is 11.6 Å². The van der Waals surface area contributed by atoms with Crippen molar-refractivity contribution in [2.75, 3.05) is 37.6 Å². The van der Waals surface area contributed by atoms with E-state index < -0.39 is 4.92 Å². The lowest BCUT2D eigenvalue weighted by molar-refractivity contribution is -0.384. The van der Waals surface area contributed by atoms with Crippen LogP contribution < -0.4 is 4.90 Å². The molecule has 1 aliphatic rings. The molecule has 0 spiro atoms. The Kier molecular flexibility index (Phi) is 4.20. The molecule has 1 saturated heterocycles. The van der Waals surface area contributed by atoms with E-state index in [2.05, 4.69) is 6.07 Å². The maximum atomic E-state index is 11.1. The highest BCUT2D eigenvalue weighted by Crippen LogP contribution is 2.35. The fourth-order valence-electron chi connectivity index (χ4n) is 2.19. The van der Waals surface area contributed by atoms with Crippen molar-refractivity contribution in [3.05, 3.63) is 33.3 Å². The molecule has 0 N–H and O–H groups in total. The average Bonchev–Trinajstić information content (AvgIpc) is 2.40. The van der Waals surface area contributed by atoms with Gasteiger partial charge in [-0.15, -0.1) is 0 Å². The molecule has 0 aliphatic carbocycles. The van der Waals surface area contributed by atoms with Crippen molar-refractivity contribution < 1.29 is 4.92 Å². The minimum Gasteiger partial charge on any atom is -0.362 e. The van der Waals surface area contributed by atoms with Gasteiger partial charge in [0.1, 0.15) is 5.69 Å². The van der Waals surface area contributed by atoms with Crippen LogP contribution in [0, 0.1) is 21.4 Å². The third-order valence-electron chi connectivity index (χ3n) is 3.15. The zero-order chi connectivity index (χ0) is 13.8. The van der Waals surface area contributed by atoms with Gasteiger partial charge in [-0.25, -0.2) is 0 Å². The molecule has 0 aromatic heterocycles. The lowest BCUT2D eigenvalue weighted by Gasteiger charge is -2.34. The van der Waals surface area contributed by atoms with Gasteiger partial charge in [-0.2, -0.15) is 5.26 Å². The molecular weight excluding hydrogens is 268 g/mol. The molecule has 0 amide bonds. The van der Waals surface area contributed by atoms with Gasteiger partial charge in [0, 0.05) is 32.2 Å². The summed E-state index contributed by atoms with van der Waals surface area (Å²) in [6.45, 7) is 3.06. The molecule has 0 unspecified atom stereocenters. The number of para-hydroxylation sites is 1. The molecule has 1 aliphatic heterocycles. The highest BCUT2D eigenvalue weighted by molar-refractivity contribution is 6.33. The second-order valence-electron chi connectivity index (χ2n) is 4.29. The molecule has 0 atom stereocenters. The van der Waals surface area contributed by atoms with Gasteiger partial charge in [0.2, 0.25) is 0 Å². The van der Waals surface area contributed by atoms with Crippen molar-refractivity contribution in [3.63, 3.8) is 0 Å². The Hall–Kier alpha value is -1.84. The van der Waals surface area contributed by atoms with Crippen LogP contribution in [-0.4, -0.2) is 42.5 Å². The summed E-state index contributed by atoms with van der Waals surface area (Å²) >= 11 is 6.09. The molecular formula is C12H13ClN4O2. The summed E-state index contributed by atoms with van der Waals surface area (Å²) in [6.07, 6.45) is 0. The van der Waals surface area contributed by atoms with Crippen molar-refractivity contribution in [3.8, 4) is 6.07 Å². The summed E-state index contributed by atoms with van der Waals surface area (Å²) in [7, 11) is 0. The number of nitrogens with zero attached hydrogens (tertiary/aromatic N) is 4. The lowest BCUT2D eigenvalue weighted by Crippen LogP contribution is -2.46. The lowest BCUT2D eigenvalue weighted by atomic mass is 10.2. The van der Waals surface area contributed by atoms with Gasteiger partial charge < -0.3 is 4.90 Å². The molecule has 7 heteroatoms. The predicted octanol–water partition coefficient (Wildman–Crippen LogP) is 1.89. The van der Waals surface area contributed by atoms with Crippen LogP contribution in [0.4, 0.5) is 11.4 Å². The van der Waals surface area contributed by atoms with Crippen LogP contribution in [0.25, 0.3) is 0 Å². The molecule has 0 radical (unpaired) electrons. The molecule has 1 fully saturated rings. The normalized spacial score (nSPS) is 16.1. The quantitative estimate of drug-likeness (QED) is 0.480. The third-order valence-corrected chi connectivity index (χ3v) is 3.45. The van der Waals surface area contributed by atoms with E-state index >= 15 is 0 Å². The van der Waals surface area contributed by atoms with Crippen molar-refractivity contribution in [2.24, 2.45) is 0 Å². The predicted molar refractivity (Wildman–Crippen MR) is 72.4 cm³/mol. The van der Waals surface area contributed by atoms with Crippen molar-refractivity contribution >= 4 is 23.0 Å². The summed E-state index contributed by atoms with van der Waals surface area (Å²) in [5.41, 5.74) is 0.506. The van der Waals surface area contributed by atoms with E-state index in [1.807, 2.05) is 9.80 Å². The molecule has 100 valence electrons. The SMILES string of the molecule is N#CCN1CCN(c2c(Cl)cccc2[N+](=O)[O-])CC1. The second-order valence-corrected chi connectivity index (χ2v) is 4.69. The van der Waals surface area contributed by atoms with E-state index in [4.69, 9.17) is 16.9 Å². The van der Waals surface area contributed by atoms with Crippen LogP contribution in [0.2, 0.25) is 5.02 Å². The summed E-state index contributed by atoms with van der Waals surface area (Å²) in [6, 6.07) is 6.80. The summed E-state index contributed by atoms with van der Waals surface area (Å²) < 4.78 is 0. The van der Waals surface area contributed by atoms with Gasteiger partial charge in [0.25, 0.3) is 5.69 Å². The third kappa shape index (κ3) is 2.95. The molecule has 1 aromatic rings. The number of rotatable bonds is 3. The fourth-order valence-corrected chi connectivity index (χ4v) is 2.48. The van der Waals surface area contributed by atoms with Crippen molar-refractivity contribution in [2.45, 2.75) is 0 Å². The minimum atomic E-state index is -0.414. The van der Waals surface area contributed by atoms with E-state index in [9.17, 15) is 10.1 Å². The second kappa shape index (κ2) is 5.87. The molecule has 2 rings (SSSR count). The van der Waals surface area contributed by atoms with Gasteiger partial charge in [-0.3, -0.25) is 15.0 Å². The highest BCUT2D eigenvalue weighted by Gasteiger charge is 2.25. The van der Waals surface area contributed by atoms with E-state index in [0.717, 1.165) is 0 Å². The standard InChI is InChI=1S/C12H13ClN4O2/c13-10-2-1-3-11(17(18)19)12(10)16-8-6-15(5-4-14)7-9-16/h1-3H,5-9H2. The van der Waals surface area contributed by atoms with Gasteiger partial charge >= 0.3 is 0 Å². The van der Waals surface area contributed by atoms with Crippen LogP contribution in [0.15, 0.2) is 18.2 Å². The summed E-state index contributed by atoms with van der Waals surface area (Å²) in [4.78, 5) is 14.6. The van der Waals surface area contributed by atoms with Crippen molar-refractivity contribution in [1.82, 2.24) is 4.90 Å². The summed E-state index contributed by atoms with van der Waals surface area (Å²) in [5.74, 6) is 0. The monoisotopic (exact) mass is 280 g/mol. The molecule has 6 nitrogen and oxygen atoms in total. The number of nitro groups is 1. The van der Waals surface area contributed by atoms with Gasteiger partial charge in [-0.05, 0) is 6.07 Å². The van der Waals surface area contributed by atoms with Gasteiger partial charge in [0.05, 0.1) is 22.6 Å². The Morgan fingerprint density at radius 3 is 2.63 bits per heavy atom. The first kappa shape index (κ1) is 13.6. The van der Waals surface area contributed by atoms with Gasteiger partial charge in [0.15, 0.2) is 0 Å². The number of hydrogen-bond acceptors (Lipinski definition) is 5. The number of halogens is 1. The first-order valence-corrected chi connectivity index (χ1v) is 6.28. The van der Waals surface area contributed by atoms with E-state index in [1.54, 1.807) is 12.1 Å². The molecule has 0 saturated carbocycles. The van der Waals surface area contributed by atoms with Crippen LogP contribution in [0.1, 0.15) is 0 Å². The maximum absolute atomic E-state index is 11.1. The molecule has 19 heavy (non-hydrogen) atoms. The Labute approximate surface area is 115 Å². The Bertz CT molecular complexity index is 521. The average molecular weight is 281 g/mol. The van der Waals surface area contributed by atoms with E-state index in [0.29, 0.717) is 43.4 Å². The Morgan fingerprint density at radius 2 is 2.05 bits per heavy atom. The van der Waals surface area contributed by atoms with E-state index in [-0.39, 0.29) is 5.69 Å². The number of anilines is 1. The Morgan fingerprint density at radius 1 is 1.37 bits per heavy atom. The van der Waals surface area contributed by atoms with E-state index in [1.165, 1.54) is 6.07 Å². The topological polar surface area (TPSA) is 73.4 Å². The molecule has 1 heterocycles. The highest BCUT2D eigenvalue weighted by atomic mass is 35.5. The molecule has 0 bridgehead atoms. The first-order valence-electron chi connectivity index (χ1n) is 5.90. The largest absolute Gasteiger partial charge is 0.362 e. The number of nitro benzene ring substituents is 1. The number of piperazine rings is 1. The van der Waals surface area contributed by atoms with Crippen molar-refractivity contribution in [1.29, 1.82) is 5.26 Å². The number of nitriles is 1. The number of benzene rings is 1. The smallest absolute Gasteiger partial charge is 0.294 e. The Balaban J connectivity index is 2.20. The van der Waals surface area contributed by atoms with Crippen LogP contribution in [-0.2, 0) is 0 Å². The van der Waals surface area contributed by atoms with Gasteiger partial charge in [-0.1, -0.05) is 17.7 Å². The zero-order valence-corrected chi connectivity index (χ0v) is 11.0. The maximum Gasteiger partial charge on any atom is 0.294 e. The summed E-state index contributed by atoms with van der Waals surface area (Å²) in [5, 5.41) is 20.1. The fraction of sp³-hybridized carbons (Fsp3) is 0.417.